The van der Waals surface area contributed by atoms with Crippen LogP contribution in [0.3, 0.4) is 0 Å². The Balaban J connectivity index is 1.77. The van der Waals surface area contributed by atoms with Crippen LogP contribution in [-0.2, 0) is 32.6 Å². The van der Waals surface area contributed by atoms with E-state index in [1.807, 2.05) is 54.6 Å². The number of halogens is 2. The van der Waals surface area contributed by atoms with E-state index < -0.39 is 28.5 Å². The molecule has 7 nitrogen and oxygen atoms in total. The van der Waals surface area contributed by atoms with Gasteiger partial charge in [-0.15, -0.1) is 0 Å². The van der Waals surface area contributed by atoms with Crippen LogP contribution in [0, 0.1) is 3.57 Å². The average Bonchev–Trinajstić information content (AvgIpc) is 2.99. The van der Waals surface area contributed by atoms with Gasteiger partial charge in [0.25, 0.3) is 10.0 Å². The van der Waals surface area contributed by atoms with Crippen molar-refractivity contribution in [3.8, 4) is 0 Å². The van der Waals surface area contributed by atoms with Gasteiger partial charge in [-0.25, -0.2) is 8.42 Å². The monoisotopic (exact) mass is 745 g/mol. The predicted octanol–water partition coefficient (Wildman–Crippen LogP) is 5.64. The van der Waals surface area contributed by atoms with Crippen molar-refractivity contribution >= 4 is 66.0 Å². The lowest BCUT2D eigenvalue weighted by Gasteiger charge is -2.33. The van der Waals surface area contributed by atoms with E-state index in [0.717, 1.165) is 23.5 Å². The molecule has 0 fully saturated rings. The number of carbonyl (C=O) groups excluding carboxylic acids is 2. The molecular weight excluding hydrogens is 717 g/mol. The van der Waals surface area contributed by atoms with Crippen LogP contribution in [0.5, 0.6) is 0 Å². The summed E-state index contributed by atoms with van der Waals surface area (Å²) in [6, 6.07) is 31.0. The number of hydrogen-bond acceptors (Lipinski definition) is 4. The summed E-state index contributed by atoms with van der Waals surface area (Å²) in [5, 5.41) is 2.69. The van der Waals surface area contributed by atoms with Crippen molar-refractivity contribution < 1.29 is 18.0 Å². The Morgan fingerprint density at radius 2 is 1.41 bits per heavy atom. The summed E-state index contributed by atoms with van der Waals surface area (Å²) in [6.45, 7) is -0.375. The fraction of sp³-hybridized carbons (Fsp3) is 0.161. The summed E-state index contributed by atoms with van der Waals surface area (Å²) in [5.74, 6) is -0.846. The van der Waals surface area contributed by atoms with E-state index in [2.05, 4.69) is 43.8 Å². The Morgan fingerprint density at radius 3 is 2.00 bits per heavy atom. The SMILES string of the molecule is CNC(=O)C(Cc1ccccc1)N(Cc1ccc(Br)cc1)C(=O)CN(c1ccc(I)cc1)S(=O)(=O)c1ccccc1. The van der Waals surface area contributed by atoms with Gasteiger partial charge in [-0.1, -0.05) is 76.6 Å². The van der Waals surface area contributed by atoms with Gasteiger partial charge in [0, 0.05) is 28.1 Å². The number of rotatable bonds is 11. The van der Waals surface area contributed by atoms with Crippen molar-refractivity contribution in [2.45, 2.75) is 23.9 Å². The Hall–Kier alpha value is -3.22. The smallest absolute Gasteiger partial charge is 0.264 e. The number of amides is 2. The molecule has 0 saturated carbocycles. The summed E-state index contributed by atoms with van der Waals surface area (Å²) in [6.07, 6.45) is 0.262. The molecule has 1 N–H and O–H groups in total. The van der Waals surface area contributed by atoms with Gasteiger partial charge in [-0.05, 0) is 82.2 Å². The number of anilines is 1. The summed E-state index contributed by atoms with van der Waals surface area (Å²) in [5.41, 5.74) is 2.03. The van der Waals surface area contributed by atoms with Crippen LogP contribution in [0.2, 0.25) is 0 Å². The van der Waals surface area contributed by atoms with E-state index in [1.54, 1.807) is 42.5 Å². The minimum atomic E-state index is -4.11. The topological polar surface area (TPSA) is 86.8 Å². The molecule has 0 radical (unpaired) electrons. The highest BCUT2D eigenvalue weighted by molar-refractivity contribution is 14.1. The highest BCUT2D eigenvalue weighted by Gasteiger charge is 2.34. The third-order valence-electron chi connectivity index (χ3n) is 6.51. The zero-order valence-electron chi connectivity index (χ0n) is 22.3. The molecule has 0 saturated heterocycles. The van der Waals surface area contributed by atoms with Crippen LogP contribution in [-0.4, -0.2) is 44.8 Å². The summed E-state index contributed by atoms with van der Waals surface area (Å²) >= 11 is 5.58. The molecule has 1 atom stereocenters. The first kappa shape index (κ1) is 30.7. The van der Waals surface area contributed by atoms with Crippen LogP contribution in [0.4, 0.5) is 5.69 Å². The zero-order chi connectivity index (χ0) is 29.4. The second-order valence-electron chi connectivity index (χ2n) is 9.27. The van der Waals surface area contributed by atoms with E-state index in [9.17, 15) is 18.0 Å². The van der Waals surface area contributed by atoms with Gasteiger partial charge in [0.2, 0.25) is 11.8 Å². The standard InChI is InChI=1S/C31H29BrIN3O4S/c1-34-31(38)29(20-23-8-4-2-5-9-23)35(21-24-12-14-25(32)15-13-24)30(37)22-36(27-18-16-26(33)17-19-27)41(39,40)28-10-6-3-7-11-28/h2-19,29H,20-22H2,1H3,(H,34,38). The van der Waals surface area contributed by atoms with E-state index in [4.69, 9.17) is 0 Å². The molecule has 0 bridgehead atoms. The number of nitrogens with zero attached hydrogens (tertiary/aromatic N) is 2. The Labute approximate surface area is 262 Å². The Morgan fingerprint density at radius 1 is 0.829 bits per heavy atom. The predicted molar refractivity (Wildman–Crippen MR) is 173 cm³/mol. The summed E-state index contributed by atoms with van der Waals surface area (Å²) in [7, 11) is -2.58. The third kappa shape index (κ3) is 7.96. The highest BCUT2D eigenvalue weighted by atomic mass is 127. The number of nitrogens with one attached hydrogen (secondary N) is 1. The zero-order valence-corrected chi connectivity index (χ0v) is 26.8. The molecule has 0 spiro atoms. The van der Waals surface area contributed by atoms with Gasteiger partial charge in [0.05, 0.1) is 10.6 Å². The molecule has 4 aromatic carbocycles. The van der Waals surface area contributed by atoms with Crippen molar-refractivity contribution in [3.63, 3.8) is 0 Å². The Bertz CT molecular complexity index is 1570. The summed E-state index contributed by atoms with van der Waals surface area (Å²) < 4.78 is 30.7. The molecule has 4 rings (SSSR count). The van der Waals surface area contributed by atoms with Gasteiger partial charge in [0.15, 0.2) is 0 Å². The average molecular weight is 746 g/mol. The summed E-state index contributed by atoms with van der Waals surface area (Å²) in [4.78, 5) is 29.0. The lowest BCUT2D eigenvalue weighted by molar-refractivity contribution is -0.139. The van der Waals surface area contributed by atoms with Crippen molar-refractivity contribution in [1.29, 1.82) is 0 Å². The molecule has 4 aromatic rings. The second kappa shape index (κ2) is 14.1. The number of hydrogen-bond donors (Lipinski definition) is 1. The van der Waals surface area contributed by atoms with Crippen LogP contribution < -0.4 is 9.62 Å². The largest absolute Gasteiger partial charge is 0.357 e. The highest BCUT2D eigenvalue weighted by Crippen LogP contribution is 2.26. The number of sulfonamides is 1. The maximum atomic E-state index is 14.2. The van der Waals surface area contributed by atoms with E-state index in [0.29, 0.717) is 5.69 Å². The molecule has 0 aliphatic rings. The molecule has 10 heteroatoms. The van der Waals surface area contributed by atoms with Gasteiger partial charge in [-0.2, -0.15) is 0 Å². The van der Waals surface area contributed by atoms with E-state index >= 15 is 0 Å². The molecule has 2 amide bonds. The first-order valence-corrected chi connectivity index (χ1v) is 16.1. The minimum absolute atomic E-state index is 0.0675. The maximum Gasteiger partial charge on any atom is 0.264 e. The normalized spacial score (nSPS) is 11.9. The molecule has 0 aliphatic heterocycles. The lowest BCUT2D eigenvalue weighted by Crippen LogP contribution is -2.53. The third-order valence-corrected chi connectivity index (χ3v) is 9.54. The maximum absolute atomic E-state index is 14.2. The minimum Gasteiger partial charge on any atom is -0.357 e. The van der Waals surface area contributed by atoms with Crippen LogP contribution in [0.15, 0.2) is 119 Å². The first-order valence-electron chi connectivity index (χ1n) is 12.8. The Kier molecular flexibility index (Phi) is 10.6. The van der Waals surface area contributed by atoms with Gasteiger partial charge < -0.3 is 10.2 Å². The molecule has 41 heavy (non-hydrogen) atoms. The number of likely N-dealkylation sites (N-methyl/N-ethyl adjacent to an activating group) is 1. The first-order chi connectivity index (χ1) is 19.7. The van der Waals surface area contributed by atoms with Crippen molar-refractivity contribution in [1.82, 2.24) is 10.2 Å². The van der Waals surface area contributed by atoms with Crippen LogP contribution in [0.1, 0.15) is 11.1 Å². The van der Waals surface area contributed by atoms with Crippen molar-refractivity contribution in [3.05, 3.63) is 128 Å². The van der Waals surface area contributed by atoms with E-state index in [-0.39, 0.29) is 23.8 Å². The molecule has 0 aromatic heterocycles. The van der Waals surface area contributed by atoms with Crippen LogP contribution in [0.25, 0.3) is 0 Å². The van der Waals surface area contributed by atoms with Crippen LogP contribution >= 0.6 is 38.5 Å². The molecular formula is C31H29BrIN3O4S. The quantitative estimate of drug-likeness (QED) is 0.202. The molecule has 1 unspecified atom stereocenters. The molecule has 0 heterocycles. The second-order valence-corrected chi connectivity index (χ2v) is 13.3. The van der Waals surface area contributed by atoms with E-state index in [1.165, 1.54) is 24.1 Å². The van der Waals surface area contributed by atoms with Gasteiger partial charge in [0.1, 0.15) is 12.6 Å². The van der Waals surface area contributed by atoms with Crippen molar-refractivity contribution in [2.24, 2.45) is 0 Å². The fourth-order valence-electron chi connectivity index (χ4n) is 4.36. The number of benzene rings is 4. The number of carbonyl (C=O) groups is 2. The molecule has 0 aliphatic carbocycles. The van der Waals surface area contributed by atoms with Crippen molar-refractivity contribution in [2.75, 3.05) is 17.9 Å². The fourth-order valence-corrected chi connectivity index (χ4v) is 6.42. The van der Waals surface area contributed by atoms with Gasteiger partial charge >= 0.3 is 0 Å². The lowest BCUT2D eigenvalue weighted by atomic mass is 10.0. The molecule has 212 valence electrons. The van der Waals surface area contributed by atoms with Gasteiger partial charge in [-0.3, -0.25) is 13.9 Å².